The molecule has 5 nitrogen and oxygen atoms in total. The van der Waals surface area contributed by atoms with Crippen molar-refractivity contribution < 1.29 is 0 Å². The molecule has 0 spiro atoms. The Kier molecular flexibility index (Phi) is 5.30. The average molecular weight is 494 g/mol. The molecule has 0 fully saturated rings. The van der Waals surface area contributed by atoms with Gasteiger partial charge < -0.3 is 15.2 Å². The minimum atomic E-state index is 0.542. The van der Waals surface area contributed by atoms with Crippen molar-refractivity contribution in [3.8, 4) is 15.8 Å². The van der Waals surface area contributed by atoms with E-state index in [1.165, 1.54) is 30.8 Å². The number of anilines is 2. The van der Waals surface area contributed by atoms with Gasteiger partial charge in [-0.25, -0.2) is 4.98 Å². The quantitative estimate of drug-likeness (QED) is 0.259. The van der Waals surface area contributed by atoms with Crippen molar-refractivity contribution in [3.63, 3.8) is 0 Å². The van der Waals surface area contributed by atoms with Crippen LogP contribution in [0.3, 0.4) is 0 Å². The van der Waals surface area contributed by atoms with E-state index < -0.39 is 0 Å². The number of thiophene rings is 2. The molecule has 2 N–H and O–H groups in total. The highest BCUT2D eigenvalue weighted by Crippen LogP contribution is 2.42. The molecular weight excluding hydrogens is 470 g/mol. The van der Waals surface area contributed by atoms with E-state index in [1.807, 2.05) is 6.20 Å². The molecule has 4 aromatic heterocycles. The van der Waals surface area contributed by atoms with Gasteiger partial charge in [-0.05, 0) is 80.0 Å². The smallest absolute Gasteiger partial charge is 0.126 e. The van der Waals surface area contributed by atoms with Crippen molar-refractivity contribution in [3.05, 3.63) is 77.6 Å². The average Bonchev–Trinajstić information content (AvgIpc) is 3.58. The normalized spacial score (nSPS) is 11.6. The number of H-pyrrole nitrogens is 1. The molecule has 0 saturated heterocycles. The van der Waals surface area contributed by atoms with Crippen LogP contribution in [0.1, 0.15) is 16.7 Å². The summed E-state index contributed by atoms with van der Waals surface area (Å²) in [6, 6.07) is 19.7. The van der Waals surface area contributed by atoms with Crippen LogP contribution in [-0.2, 0) is 6.54 Å². The molecule has 172 valence electrons. The summed E-state index contributed by atoms with van der Waals surface area (Å²) in [6.45, 7) is 3.03. The minimum Gasteiger partial charge on any atom is -0.361 e. The number of benzene rings is 2. The van der Waals surface area contributed by atoms with Crippen molar-refractivity contribution in [1.29, 1.82) is 5.26 Å². The van der Waals surface area contributed by atoms with Crippen LogP contribution < -0.4 is 5.32 Å². The van der Waals surface area contributed by atoms with Gasteiger partial charge in [-0.2, -0.15) is 5.26 Å². The monoisotopic (exact) mass is 493 g/mol. The number of nitrogens with zero attached hydrogens (tertiary/aromatic N) is 3. The van der Waals surface area contributed by atoms with E-state index in [9.17, 15) is 5.26 Å². The number of aromatic amines is 1. The Balaban J connectivity index is 1.44. The summed E-state index contributed by atoms with van der Waals surface area (Å²) in [5, 5.41) is 16.8. The summed E-state index contributed by atoms with van der Waals surface area (Å²) in [5.74, 6) is 0. The first kappa shape index (κ1) is 21.8. The fraction of sp³-hybridized carbons (Fsp3) is 0.143. The molecule has 0 saturated carbocycles. The fourth-order valence-electron chi connectivity index (χ4n) is 4.56. The van der Waals surface area contributed by atoms with Crippen molar-refractivity contribution in [1.82, 2.24) is 14.9 Å². The van der Waals surface area contributed by atoms with Gasteiger partial charge in [-0.15, -0.1) is 22.7 Å². The summed E-state index contributed by atoms with van der Waals surface area (Å²) in [7, 11) is 4.18. The zero-order valence-electron chi connectivity index (χ0n) is 19.6. The van der Waals surface area contributed by atoms with Gasteiger partial charge in [0.05, 0.1) is 11.3 Å². The summed E-state index contributed by atoms with van der Waals surface area (Å²) >= 11 is 3.47. The molecule has 6 aromatic rings. The number of aryl methyl sites for hydroxylation is 1. The lowest BCUT2D eigenvalue weighted by atomic mass is 10.1. The Morgan fingerprint density at radius 1 is 1.03 bits per heavy atom. The maximum Gasteiger partial charge on any atom is 0.126 e. The SMILES string of the molecule is Cc1c(Nc2c(C#N)cnc3sc(-c4cc5cc(CN(C)C)ccc5s4)cc23)ccc2[nH]ccc12. The Morgan fingerprint density at radius 2 is 1.89 bits per heavy atom. The number of nitrogens with one attached hydrogen (secondary N) is 2. The number of hydrogen-bond donors (Lipinski definition) is 2. The summed E-state index contributed by atoms with van der Waals surface area (Å²) in [5.41, 5.74) is 5.90. The van der Waals surface area contributed by atoms with Crippen molar-refractivity contribution in [2.45, 2.75) is 13.5 Å². The van der Waals surface area contributed by atoms with Crippen LogP contribution in [0.5, 0.6) is 0 Å². The lowest BCUT2D eigenvalue weighted by Crippen LogP contribution is -2.10. The van der Waals surface area contributed by atoms with Gasteiger partial charge in [0.1, 0.15) is 10.9 Å². The second kappa shape index (κ2) is 8.51. The Labute approximate surface area is 211 Å². The van der Waals surface area contributed by atoms with Crippen LogP contribution >= 0.6 is 22.7 Å². The largest absolute Gasteiger partial charge is 0.361 e. The standard InChI is InChI=1S/C28H23N5S2/c1-16-20-8-9-30-23(20)6-5-22(16)32-27-19(13-29)14-31-28-21(27)12-26(35-28)25-11-18-10-17(15-33(2)3)4-7-24(18)34-25/h4-12,14,30H,15H2,1-3H3,(H,31,32). The van der Waals surface area contributed by atoms with E-state index in [1.54, 1.807) is 28.9 Å². The summed E-state index contributed by atoms with van der Waals surface area (Å²) in [4.78, 5) is 13.4. The van der Waals surface area contributed by atoms with Crippen LogP contribution in [-0.4, -0.2) is 29.0 Å². The first-order valence-electron chi connectivity index (χ1n) is 11.3. The fourth-order valence-corrected chi connectivity index (χ4v) is 6.69. The summed E-state index contributed by atoms with van der Waals surface area (Å²) in [6.07, 6.45) is 3.62. The molecule has 2 aromatic carbocycles. The first-order chi connectivity index (χ1) is 17.0. The van der Waals surface area contributed by atoms with Crippen molar-refractivity contribution in [2.24, 2.45) is 0 Å². The lowest BCUT2D eigenvalue weighted by Gasteiger charge is -2.12. The van der Waals surface area contributed by atoms with E-state index in [2.05, 4.69) is 95.8 Å². The highest BCUT2D eigenvalue weighted by atomic mass is 32.1. The molecular formula is C28H23N5S2. The molecule has 35 heavy (non-hydrogen) atoms. The van der Waals surface area contributed by atoms with E-state index in [0.717, 1.165) is 39.2 Å². The van der Waals surface area contributed by atoms with Gasteiger partial charge in [0.15, 0.2) is 0 Å². The van der Waals surface area contributed by atoms with Gasteiger partial charge in [0, 0.05) is 55.4 Å². The van der Waals surface area contributed by atoms with Gasteiger partial charge in [0.2, 0.25) is 0 Å². The number of rotatable bonds is 5. The Morgan fingerprint density at radius 3 is 2.71 bits per heavy atom. The van der Waals surface area contributed by atoms with Crippen LogP contribution in [0.15, 0.2) is 60.9 Å². The first-order valence-corrected chi connectivity index (χ1v) is 13.0. The van der Waals surface area contributed by atoms with Gasteiger partial charge in [-0.3, -0.25) is 0 Å². The van der Waals surface area contributed by atoms with Crippen molar-refractivity contribution in [2.75, 3.05) is 19.4 Å². The molecule has 7 heteroatoms. The predicted octanol–water partition coefficient (Wildman–Crippen LogP) is 7.64. The van der Waals surface area contributed by atoms with Gasteiger partial charge >= 0.3 is 0 Å². The molecule has 0 aliphatic heterocycles. The Bertz CT molecular complexity index is 1760. The van der Waals surface area contributed by atoms with Crippen LogP contribution in [0.4, 0.5) is 11.4 Å². The molecule has 0 atom stereocenters. The molecule has 0 amide bonds. The van der Waals surface area contributed by atoms with Crippen LogP contribution in [0.2, 0.25) is 0 Å². The number of aromatic nitrogens is 2. The van der Waals surface area contributed by atoms with E-state index >= 15 is 0 Å². The topological polar surface area (TPSA) is 67.7 Å². The zero-order chi connectivity index (χ0) is 24.1. The van der Waals surface area contributed by atoms with E-state index in [0.29, 0.717) is 5.56 Å². The molecule has 0 aliphatic carbocycles. The maximum absolute atomic E-state index is 9.84. The number of fused-ring (bicyclic) bond motifs is 3. The molecule has 0 unspecified atom stereocenters. The van der Waals surface area contributed by atoms with Crippen LogP contribution in [0, 0.1) is 18.3 Å². The second-order valence-corrected chi connectivity index (χ2v) is 11.1. The molecule has 0 aliphatic rings. The van der Waals surface area contributed by atoms with Gasteiger partial charge in [-0.1, -0.05) is 6.07 Å². The zero-order valence-corrected chi connectivity index (χ0v) is 21.3. The highest BCUT2D eigenvalue weighted by Gasteiger charge is 2.16. The van der Waals surface area contributed by atoms with Crippen molar-refractivity contribution >= 4 is 65.3 Å². The Hall–Kier alpha value is -3.70. The summed E-state index contributed by atoms with van der Waals surface area (Å²) < 4.78 is 1.28. The van der Waals surface area contributed by atoms with E-state index in [4.69, 9.17) is 0 Å². The number of nitriles is 1. The van der Waals surface area contributed by atoms with Gasteiger partial charge in [0.25, 0.3) is 0 Å². The number of pyridine rings is 1. The minimum absolute atomic E-state index is 0.542. The third kappa shape index (κ3) is 3.86. The second-order valence-electron chi connectivity index (χ2n) is 9.01. The lowest BCUT2D eigenvalue weighted by molar-refractivity contribution is 0.403. The third-order valence-electron chi connectivity index (χ3n) is 6.27. The molecule has 4 heterocycles. The third-order valence-corrected chi connectivity index (χ3v) is 8.62. The number of hydrogen-bond acceptors (Lipinski definition) is 6. The van der Waals surface area contributed by atoms with E-state index in [-0.39, 0.29) is 0 Å². The van der Waals surface area contributed by atoms with Crippen LogP contribution in [0.25, 0.3) is 41.0 Å². The highest BCUT2D eigenvalue weighted by molar-refractivity contribution is 7.28. The molecule has 0 radical (unpaired) electrons. The predicted molar refractivity (Wildman–Crippen MR) is 149 cm³/mol. The molecule has 0 bridgehead atoms. The maximum atomic E-state index is 9.84. The molecule has 6 rings (SSSR count).